The summed E-state index contributed by atoms with van der Waals surface area (Å²) in [6.45, 7) is 4.91. The van der Waals surface area contributed by atoms with Crippen molar-refractivity contribution < 1.29 is 9.53 Å². The lowest BCUT2D eigenvalue weighted by molar-refractivity contribution is 0.0999. The Bertz CT molecular complexity index is 1000. The minimum absolute atomic E-state index is 0.0447. The van der Waals surface area contributed by atoms with Crippen molar-refractivity contribution in [3.05, 3.63) is 88.2 Å². The Morgan fingerprint density at radius 1 is 1.12 bits per heavy atom. The zero-order valence-electron chi connectivity index (χ0n) is 14.9. The van der Waals surface area contributed by atoms with Crippen LogP contribution in [0, 0.1) is 13.8 Å². The largest absolute Gasteiger partial charge is 0.488 e. The number of hydrogen-bond donors (Lipinski definition) is 0. The van der Waals surface area contributed by atoms with Gasteiger partial charge >= 0.3 is 0 Å². The van der Waals surface area contributed by atoms with Gasteiger partial charge in [-0.1, -0.05) is 42.5 Å². The number of aromatic nitrogens is 2. The number of fused-ring (bicyclic) bond motifs is 1. The van der Waals surface area contributed by atoms with Crippen LogP contribution in [-0.4, -0.2) is 22.2 Å². The van der Waals surface area contributed by atoms with Gasteiger partial charge in [-0.05, 0) is 36.6 Å². The second kappa shape index (κ2) is 6.64. The van der Waals surface area contributed by atoms with Crippen LogP contribution in [0.4, 0.5) is 0 Å². The topological polar surface area (TPSA) is 44.1 Å². The van der Waals surface area contributed by atoms with Crippen LogP contribution in [-0.2, 0) is 6.54 Å². The maximum absolute atomic E-state index is 12.9. The molecule has 0 saturated heterocycles. The molecule has 26 heavy (non-hydrogen) atoms. The smallest absolute Gasteiger partial charge is 0.196 e. The third kappa shape index (κ3) is 3.06. The van der Waals surface area contributed by atoms with Gasteiger partial charge in [-0.15, -0.1) is 0 Å². The number of carbonyl (C=O) groups excluding carboxylic acids is 1. The number of ketones is 1. The normalized spacial score (nSPS) is 15.0. The molecule has 0 aliphatic carbocycles. The van der Waals surface area contributed by atoms with Crippen molar-refractivity contribution in [2.24, 2.45) is 0 Å². The van der Waals surface area contributed by atoms with E-state index in [2.05, 4.69) is 17.2 Å². The molecule has 0 radical (unpaired) electrons. The Labute approximate surface area is 152 Å². The second-order valence-electron chi connectivity index (χ2n) is 6.65. The highest BCUT2D eigenvalue weighted by Crippen LogP contribution is 2.33. The molecule has 0 saturated carbocycles. The third-order valence-corrected chi connectivity index (χ3v) is 4.64. The highest BCUT2D eigenvalue weighted by atomic mass is 16.5. The Morgan fingerprint density at radius 3 is 2.69 bits per heavy atom. The zero-order valence-corrected chi connectivity index (χ0v) is 14.9. The summed E-state index contributed by atoms with van der Waals surface area (Å²) < 4.78 is 7.75. The van der Waals surface area contributed by atoms with Crippen LogP contribution in [0.15, 0.2) is 60.4 Å². The van der Waals surface area contributed by atoms with Gasteiger partial charge in [0.25, 0.3) is 0 Å². The fraction of sp³-hybridized carbons (Fsp3) is 0.182. The number of rotatable bonds is 3. The van der Waals surface area contributed by atoms with Gasteiger partial charge < -0.3 is 4.74 Å². The van der Waals surface area contributed by atoms with Gasteiger partial charge in [0.05, 0.1) is 18.3 Å². The second-order valence-corrected chi connectivity index (χ2v) is 6.65. The van der Waals surface area contributed by atoms with Gasteiger partial charge in [-0.3, -0.25) is 9.48 Å². The van der Waals surface area contributed by atoms with Gasteiger partial charge in [-0.25, -0.2) is 0 Å². The SMILES string of the molecule is Cc1ccc(C)c2c1OC/C(=C\c1cnn(Cc3ccccc3)c1)C2=O. The molecule has 3 aromatic rings. The number of benzene rings is 2. The molecular weight excluding hydrogens is 324 g/mol. The molecule has 130 valence electrons. The van der Waals surface area contributed by atoms with Crippen LogP contribution in [0.1, 0.15) is 32.6 Å². The first-order chi connectivity index (χ1) is 12.6. The van der Waals surface area contributed by atoms with E-state index in [1.165, 1.54) is 5.56 Å². The summed E-state index contributed by atoms with van der Waals surface area (Å²) in [5.41, 5.74) is 5.37. The monoisotopic (exact) mass is 344 g/mol. The van der Waals surface area contributed by atoms with E-state index in [0.29, 0.717) is 30.0 Å². The van der Waals surface area contributed by atoms with Crippen molar-refractivity contribution in [1.82, 2.24) is 9.78 Å². The van der Waals surface area contributed by atoms with E-state index in [0.717, 1.165) is 16.7 Å². The minimum Gasteiger partial charge on any atom is -0.488 e. The summed E-state index contributed by atoms with van der Waals surface area (Å²) in [7, 11) is 0. The standard InChI is InChI=1S/C22H20N2O2/c1-15-8-9-16(2)22-20(15)21(25)19(14-26-22)10-18-11-23-24(13-18)12-17-6-4-3-5-7-17/h3-11,13H,12,14H2,1-2H3/b19-10+. The molecule has 0 bridgehead atoms. The van der Waals surface area contributed by atoms with Crippen LogP contribution >= 0.6 is 0 Å². The molecular formula is C22H20N2O2. The molecule has 4 heteroatoms. The van der Waals surface area contributed by atoms with Crippen molar-refractivity contribution in [3.8, 4) is 5.75 Å². The molecule has 2 aromatic carbocycles. The first kappa shape index (κ1) is 16.3. The molecule has 0 atom stereocenters. The van der Waals surface area contributed by atoms with Crippen LogP contribution in [0.25, 0.3) is 6.08 Å². The van der Waals surface area contributed by atoms with Crippen molar-refractivity contribution >= 4 is 11.9 Å². The molecule has 1 aliphatic heterocycles. The van der Waals surface area contributed by atoms with E-state index in [9.17, 15) is 4.79 Å². The van der Waals surface area contributed by atoms with Crippen molar-refractivity contribution in [1.29, 1.82) is 0 Å². The summed E-state index contributed by atoms with van der Waals surface area (Å²) in [6, 6.07) is 14.1. The zero-order chi connectivity index (χ0) is 18.1. The van der Waals surface area contributed by atoms with E-state index in [1.807, 2.05) is 61.1 Å². The molecule has 4 rings (SSSR count). The van der Waals surface area contributed by atoms with Crippen LogP contribution < -0.4 is 4.74 Å². The van der Waals surface area contributed by atoms with E-state index >= 15 is 0 Å². The third-order valence-electron chi connectivity index (χ3n) is 4.64. The number of Topliss-reactive ketones (excluding diaryl/α,β-unsaturated/α-hetero) is 1. The number of hydrogen-bond acceptors (Lipinski definition) is 3. The summed E-state index contributed by atoms with van der Waals surface area (Å²) in [4.78, 5) is 12.9. The van der Waals surface area contributed by atoms with Crippen LogP contribution in [0.3, 0.4) is 0 Å². The predicted octanol–water partition coefficient (Wildman–Crippen LogP) is 4.21. The highest BCUT2D eigenvalue weighted by Gasteiger charge is 2.26. The first-order valence-corrected chi connectivity index (χ1v) is 8.66. The van der Waals surface area contributed by atoms with Gasteiger partial charge in [0.15, 0.2) is 5.78 Å². The van der Waals surface area contributed by atoms with E-state index in [1.54, 1.807) is 6.20 Å². The maximum Gasteiger partial charge on any atom is 0.196 e. The van der Waals surface area contributed by atoms with Crippen molar-refractivity contribution in [3.63, 3.8) is 0 Å². The fourth-order valence-corrected chi connectivity index (χ4v) is 3.25. The lowest BCUT2D eigenvalue weighted by Gasteiger charge is -2.22. The molecule has 0 fully saturated rings. The quantitative estimate of drug-likeness (QED) is 0.669. The number of carbonyl (C=O) groups is 1. The first-order valence-electron chi connectivity index (χ1n) is 8.66. The Hall–Kier alpha value is -3.14. The summed E-state index contributed by atoms with van der Waals surface area (Å²) in [6.07, 6.45) is 5.61. The van der Waals surface area contributed by atoms with Gasteiger partial charge in [0.2, 0.25) is 0 Å². The van der Waals surface area contributed by atoms with Crippen molar-refractivity contribution in [2.45, 2.75) is 20.4 Å². The average molecular weight is 344 g/mol. The molecule has 0 unspecified atom stereocenters. The van der Waals surface area contributed by atoms with E-state index in [-0.39, 0.29) is 5.78 Å². The predicted molar refractivity (Wildman–Crippen MR) is 101 cm³/mol. The van der Waals surface area contributed by atoms with Gasteiger partial charge in [-0.2, -0.15) is 5.10 Å². The molecule has 0 amide bonds. The average Bonchev–Trinajstić information content (AvgIpc) is 3.08. The maximum atomic E-state index is 12.9. The molecule has 2 heterocycles. The summed E-state index contributed by atoms with van der Waals surface area (Å²) in [5.74, 6) is 0.759. The van der Waals surface area contributed by atoms with Crippen molar-refractivity contribution in [2.75, 3.05) is 6.61 Å². The Morgan fingerprint density at radius 2 is 1.88 bits per heavy atom. The minimum atomic E-state index is 0.0447. The Balaban J connectivity index is 1.60. The molecule has 0 N–H and O–H groups in total. The molecule has 1 aromatic heterocycles. The number of ether oxygens (including phenoxy) is 1. The number of aryl methyl sites for hydroxylation is 2. The highest BCUT2D eigenvalue weighted by molar-refractivity contribution is 6.15. The van der Waals surface area contributed by atoms with E-state index in [4.69, 9.17) is 4.74 Å². The lowest BCUT2D eigenvalue weighted by atomic mass is 9.93. The Kier molecular flexibility index (Phi) is 4.17. The molecule has 1 aliphatic rings. The van der Waals surface area contributed by atoms with E-state index < -0.39 is 0 Å². The van der Waals surface area contributed by atoms with Gasteiger partial charge in [0.1, 0.15) is 12.4 Å². The molecule has 4 nitrogen and oxygen atoms in total. The fourth-order valence-electron chi connectivity index (χ4n) is 3.25. The van der Waals surface area contributed by atoms with Crippen LogP contribution in [0.2, 0.25) is 0 Å². The lowest BCUT2D eigenvalue weighted by Crippen LogP contribution is -2.21. The molecule has 0 spiro atoms. The number of nitrogens with zero attached hydrogens (tertiary/aromatic N) is 2. The van der Waals surface area contributed by atoms with Crippen LogP contribution in [0.5, 0.6) is 5.75 Å². The van der Waals surface area contributed by atoms with Gasteiger partial charge in [0, 0.05) is 17.3 Å². The summed E-state index contributed by atoms with van der Waals surface area (Å²) in [5, 5.41) is 4.40. The summed E-state index contributed by atoms with van der Waals surface area (Å²) >= 11 is 0.